The van der Waals surface area contributed by atoms with Gasteiger partial charge in [-0.25, -0.2) is 18.4 Å². The zero-order chi connectivity index (χ0) is 41.8. The minimum Gasteiger partial charge on any atom is -0.458 e. The Hall–Kier alpha value is -5.65. The van der Waals surface area contributed by atoms with Crippen molar-refractivity contribution in [2.24, 2.45) is 5.92 Å². The van der Waals surface area contributed by atoms with E-state index in [9.17, 15) is 42.3 Å². The van der Waals surface area contributed by atoms with Crippen LogP contribution in [0.15, 0.2) is 42.5 Å². The van der Waals surface area contributed by atoms with Crippen LogP contribution in [0, 0.1) is 24.5 Å². The fourth-order valence-corrected chi connectivity index (χ4v) is 7.97. The number of carbonyl (C=O) groups is 7. The number of carbonyl (C=O) groups excluding carboxylic acids is 7. The second kappa shape index (κ2) is 17.9. The van der Waals surface area contributed by atoms with Crippen molar-refractivity contribution in [1.29, 1.82) is 0 Å². The number of rotatable bonds is 6. The van der Waals surface area contributed by atoms with Crippen molar-refractivity contribution in [3.05, 3.63) is 65.2 Å². The van der Waals surface area contributed by atoms with E-state index in [1.165, 1.54) is 28.5 Å². The van der Waals surface area contributed by atoms with Crippen LogP contribution in [-0.2, 0) is 44.7 Å². The molecule has 0 saturated carbocycles. The Morgan fingerprint density at radius 1 is 0.879 bits per heavy atom. The van der Waals surface area contributed by atoms with Gasteiger partial charge in [0.05, 0.1) is 13.2 Å². The first kappa shape index (κ1) is 42.0. The lowest BCUT2D eigenvalue weighted by atomic mass is 10.0. The van der Waals surface area contributed by atoms with Crippen molar-refractivity contribution < 1.29 is 51.8 Å². The summed E-state index contributed by atoms with van der Waals surface area (Å²) < 4.78 is 40.1. The Labute approximate surface area is 334 Å². The number of morpholine rings is 1. The summed E-state index contributed by atoms with van der Waals surface area (Å²) in [5, 5.41) is 10.4. The molecule has 4 aliphatic rings. The van der Waals surface area contributed by atoms with E-state index in [2.05, 4.69) is 21.3 Å². The van der Waals surface area contributed by atoms with Crippen LogP contribution in [0.1, 0.15) is 51.2 Å². The van der Waals surface area contributed by atoms with Crippen LogP contribution in [-0.4, -0.2) is 131 Å². The molecule has 4 N–H and O–H groups in total. The maximum atomic E-state index is 14.7. The molecule has 3 unspecified atom stereocenters. The molecule has 8 atom stereocenters. The average molecular weight is 810 g/mol. The zero-order valence-corrected chi connectivity index (χ0v) is 32.8. The SMILES string of the molecule is Cc1ccc(NC(=O)N[C@@H](Cc2cc(F)cc(F)c2)C(=O)N[C@@H]2C(=O)N3CCCC3C(=O)N3CCOCC3C(=O)N[C@@H](C)C(=O)N3C[C@@H](C)CC3C(=O)O[C@H]2C)cc1. The maximum Gasteiger partial charge on any atom is 0.329 e. The number of hydrogen-bond acceptors (Lipinski definition) is 9. The molecule has 2 aromatic carbocycles. The van der Waals surface area contributed by atoms with E-state index in [4.69, 9.17) is 9.47 Å². The zero-order valence-electron chi connectivity index (χ0n) is 32.8. The van der Waals surface area contributed by atoms with Crippen LogP contribution in [0.4, 0.5) is 19.3 Å². The van der Waals surface area contributed by atoms with Crippen molar-refractivity contribution in [2.45, 2.75) is 95.7 Å². The number of hydrogen-bond donors (Lipinski definition) is 4. The number of urea groups is 1. The van der Waals surface area contributed by atoms with Gasteiger partial charge in [-0.05, 0) is 75.8 Å². The fourth-order valence-electron chi connectivity index (χ4n) is 7.97. The summed E-state index contributed by atoms with van der Waals surface area (Å²) in [5.74, 6) is -6.30. The highest BCUT2D eigenvalue weighted by molar-refractivity contribution is 5.99. The molecule has 312 valence electrons. The summed E-state index contributed by atoms with van der Waals surface area (Å²) in [6, 6.07) is 1.10. The van der Waals surface area contributed by atoms with Crippen molar-refractivity contribution >= 4 is 47.2 Å². The molecule has 58 heavy (non-hydrogen) atoms. The summed E-state index contributed by atoms with van der Waals surface area (Å²) >= 11 is 0. The van der Waals surface area contributed by atoms with Gasteiger partial charge >= 0.3 is 12.0 Å². The maximum absolute atomic E-state index is 14.7. The largest absolute Gasteiger partial charge is 0.458 e. The van der Waals surface area contributed by atoms with Crippen molar-refractivity contribution in [3.63, 3.8) is 0 Å². The van der Waals surface area contributed by atoms with Crippen LogP contribution in [0.3, 0.4) is 0 Å². The van der Waals surface area contributed by atoms with Crippen LogP contribution in [0.5, 0.6) is 0 Å². The highest BCUT2D eigenvalue weighted by Crippen LogP contribution is 2.28. The van der Waals surface area contributed by atoms with E-state index >= 15 is 0 Å². The number of cyclic esters (lactones) is 1. The Bertz CT molecular complexity index is 1910. The third kappa shape index (κ3) is 9.54. The monoisotopic (exact) mass is 809 g/mol. The normalized spacial score (nSPS) is 27.5. The van der Waals surface area contributed by atoms with Gasteiger partial charge in [0, 0.05) is 37.8 Å². The lowest BCUT2D eigenvalue weighted by molar-refractivity contribution is -0.164. The molecule has 0 aromatic heterocycles. The molecule has 6 rings (SSSR count). The van der Waals surface area contributed by atoms with Gasteiger partial charge in [-0.15, -0.1) is 0 Å². The number of nitrogens with one attached hydrogen (secondary N) is 4. The van der Waals surface area contributed by atoms with Crippen LogP contribution >= 0.6 is 0 Å². The van der Waals surface area contributed by atoms with E-state index < -0.39 is 102 Å². The van der Waals surface area contributed by atoms with Gasteiger partial charge in [0.1, 0.15) is 54.0 Å². The highest BCUT2D eigenvalue weighted by atomic mass is 19.1. The van der Waals surface area contributed by atoms with Gasteiger partial charge in [0.2, 0.25) is 29.5 Å². The fraction of sp³-hybridized carbons (Fsp3) is 0.525. The van der Waals surface area contributed by atoms with Gasteiger partial charge in [-0.3, -0.25) is 24.0 Å². The number of aryl methyl sites for hydroxylation is 1. The van der Waals surface area contributed by atoms with E-state index in [1.54, 1.807) is 24.3 Å². The molecule has 0 bridgehead atoms. The first-order chi connectivity index (χ1) is 27.6. The number of nitrogens with zero attached hydrogens (tertiary/aromatic N) is 3. The summed E-state index contributed by atoms with van der Waals surface area (Å²) in [6.45, 7) is 6.86. The Morgan fingerprint density at radius 2 is 1.57 bits per heavy atom. The standard InChI is InChI=1S/C40H49F2N7O9/c1-21-7-9-28(10-8-21)44-40(56)45-29(17-25-15-26(41)18-27(42)16-25)34(50)46-33-24(4)58-39(55)31-14-22(2)19-49(31)36(52)23(3)43-35(51)32-20-57-13-12-48(32)37(53)30-6-5-11-47(30)38(33)54/h7-10,15-16,18,22-24,29-33H,5-6,11-14,17,19-20H2,1-4H3,(H,43,51)(H,46,50)(H2,44,45,56)/t22-,23-,24-,29-,30?,31?,32?,33-/m0/s1. The number of amides is 7. The molecule has 0 spiro atoms. The Balaban J connectivity index is 1.34. The van der Waals surface area contributed by atoms with E-state index in [1.807, 2.05) is 13.8 Å². The van der Waals surface area contributed by atoms with E-state index in [0.29, 0.717) is 18.2 Å². The first-order valence-electron chi connectivity index (χ1n) is 19.5. The first-order valence-corrected chi connectivity index (χ1v) is 19.5. The van der Waals surface area contributed by atoms with Crippen molar-refractivity contribution in [2.75, 3.05) is 38.2 Å². The van der Waals surface area contributed by atoms with Gasteiger partial charge in [-0.2, -0.15) is 0 Å². The third-order valence-corrected chi connectivity index (χ3v) is 11.0. The molecule has 16 nitrogen and oxygen atoms in total. The summed E-state index contributed by atoms with van der Waals surface area (Å²) in [5.41, 5.74) is 1.33. The summed E-state index contributed by atoms with van der Waals surface area (Å²) in [6.07, 6.45) is -0.959. The summed E-state index contributed by atoms with van der Waals surface area (Å²) in [7, 11) is 0. The van der Waals surface area contributed by atoms with Gasteiger partial charge < -0.3 is 45.4 Å². The molecular weight excluding hydrogens is 760 g/mol. The third-order valence-electron chi connectivity index (χ3n) is 11.0. The quantitative estimate of drug-likeness (QED) is 0.312. The molecule has 0 radical (unpaired) electrons. The van der Waals surface area contributed by atoms with E-state index in [-0.39, 0.29) is 57.2 Å². The second-order valence-electron chi connectivity index (χ2n) is 15.5. The molecular formula is C40H49F2N7O9. The molecule has 2 aromatic rings. The molecule has 18 heteroatoms. The van der Waals surface area contributed by atoms with Gasteiger partial charge in [-0.1, -0.05) is 24.6 Å². The smallest absolute Gasteiger partial charge is 0.329 e. The average Bonchev–Trinajstić information content (AvgIpc) is 3.83. The van der Waals surface area contributed by atoms with Gasteiger partial charge in [0.25, 0.3) is 0 Å². The summed E-state index contributed by atoms with van der Waals surface area (Å²) in [4.78, 5) is 102. The molecule has 7 amide bonds. The molecule has 0 aliphatic carbocycles. The number of anilines is 1. The van der Waals surface area contributed by atoms with Gasteiger partial charge in [0.15, 0.2) is 0 Å². The molecule has 4 saturated heterocycles. The van der Waals surface area contributed by atoms with Crippen LogP contribution < -0.4 is 21.3 Å². The predicted octanol–water partition coefficient (Wildman–Crippen LogP) is 1.40. The lowest BCUT2D eigenvalue weighted by Gasteiger charge is -2.39. The highest BCUT2D eigenvalue weighted by Gasteiger charge is 2.47. The van der Waals surface area contributed by atoms with E-state index in [0.717, 1.165) is 17.7 Å². The number of fused-ring (bicyclic) bond motifs is 3. The Morgan fingerprint density at radius 3 is 2.28 bits per heavy atom. The van der Waals surface area contributed by atoms with Crippen LogP contribution in [0.2, 0.25) is 0 Å². The number of esters is 1. The predicted molar refractivity (Wildman–Crippen MR) is 203 cm³/mol. The topological polar surface area (TPSA) is 196 Å². The minimum atomic E-state index is -1.64. The Kier molecular flexibility index (Phi) is 12.9. The second-order valence-corrected chi connectivity index (χ2v) is 15.5. The number of benzene rings is 2. The molecule has 4 fully saturated rings. The molecule has 4 heterocycles. The number of ether oxygens (including phenoxy) is 2. The van der Waals surface area contributed by atoms with Crippen molar-refractivity contribution in [1.82, 2.24) is 30.7 Å². The van der Waals surface area contributed by atoms with Crippen LogP contribution in [0.25, 0.3) is 0 Å². The minimum absolute atomic E-state index is 0.0146. The number of halogens is 2. The van der Waals surface area contributed by atoms with Crippen molar-refractivity contribution in [3.8, 4) is 0 Å². The molecule has 4 aliphatic heterocycles. The lowest BCUT2D eigenvalue weighted by Crippen LogP contribution is -2.64.